The number of carbonyl (C=O) groups is 1. The highest BCUT2D eigenvalue weighted by Gasteiger charge is 2.17. The molecule has 4 nitrogen and oxygen atoms in total. The second-order valence-electron chi connectivity index (χ2n) is 4.95. The molecule has 0 bridgehead atoms. The van der Waals surface area contributed by atoms with E-state index in [2.05, 4.69) is 27.4 Å². The van der Waals surface area contributed by atoms with Crippen LogP contribution in [0.4, 0.5) is 0 Å². The molecule has 0 radical (unpaired) electrons. The van der Waals surface area contributed by atoms with Crippen LogP contribution in [-0.4, -0.2) is 15.9 Å². The highest BCUT2D eigenvalue weighted by molar-refractivity contribution is 6.07. The van der Waals surface area contributed by atoms with E-state index in [-0.39, 0.29) is 11.9 Å². The molecule has 0 saturated carbocycles. The van der Waals surface area contributed by atoms with E-state index in [0.717, 1.165) is 28.5 Å². The summed E-state index contributed by atoms with van der Waals surface area (Å²) in [5.74, 6) is -0.0354. The molecular formula is C16H17N3O. The Hall–Kier alpha value is -2.36. The van der Waals surface area contributed by atoms with Crippen LogP contribution in [0, 0.1) is 0 Å². The molecular weight excluding hydrogens is 250 g/mol. The Kier molecular flexibility index (Phi) is 3.14. The van der Waals surface area contributed by atoms with E-state index in [1.54, 1.807) is 0 Å². The molecule has 2 heterocycles. The molecule has 1 amide bonds. The number of amides is 1. The van der Waals surface area contributed by atoms with Crippen LogP contribution in [0.3, 0.4) is 0 Å². The Morgan fingerprint density at radius 3 is 2.85 bits per heavy atom. The van der Waals surface area contributed by atoms with Crippen LogP contribution in [-0.2, 0) is 4.79 Å². The number of nitrogens with zero attached hydrogens (tertiary/aromatic N) is 1. The molecule has 0 spiro atoms. The third kappa shape index (κ3) is 2.03. The largest absolute Gasteiger partial charge is 0.353 e. The summed E-state index contributed by atoms with van der Waals surface area (Å²) in [7, 11) is 0. The molecule has 1 atom stereocenters. The first-order chi connectivity index (χ1) is 9.70. The van der Waals surface area contributed by atoms with Crippen LogP contribution in [0.15, 0.2) is 36.5 Å². The average molecular weight is 267 g/mol. The summed E-state index contributed by atoms with van der Waals surface area (Å²) in [5, 5.41) is 5.29. The van der Waals surface area contributed by atoms with E-state index < -0.39 is 0 Å². The fraction of sp³-hybridized carbons (Fsp3) is 0.250. The van der Waals surface area contributed by atoms with Gasteiger partial charge in [0.15, 0.2) is 0 Å². The highest BCUT2D eigenvalue weighted by atomic mass is 16.1. The van der Waals surface area contributed by atoms with Gasteiger partial charge in [0, 0.05) is 29.4 Å². The third-order valence-electron chi connectivity index (χ3n) is 3.57. The maximum Gasteiger partial charge on any atom is 0.217 e. The first-order valence-corrected chi connectivity index (χ1v) is 6.83. The van der Waals surface area contributed by atoms with Crippen LogP contribution >= 0.6 is 0 Å². The van der Waals surface area contributed by atoms with Crippen molar-refractivity contribution in [3.05, 3.63) is 42.2 Å². The van der Waals surface area contributed by atoms with Crippen LogP contribution in [0.5, 0.6) is 0 Å². The van der Waals surface area contributed by atoms with Crippen molar-refractivity contribution >= 4 is 27.7 Å². The number of fused-ring (bicyclic) bond motifs is 3. The predicted molar refractivity (Wildman–Crippen MR) is 80.4 cm³/mol. The summed E-state index contributed by atoms with van der Waals surface area (Å²) in [6.45, 7) is 3.58. The Morgan fingerprint density at radius 2 is 2.10 bits per heavy atom. The molecule has 3 aromatic rings. The number of carbonyl (C=O) groups excluding carboxylic acids is 1. The van der Waals surface area contributed by atoms with Crippen LogP contribution < -0.4 is 5.32 Å². The lowest BCUT2D eigenvalue weighted by Gasteiger charge is -2.15. The fourth-order valence-electron chi connectivity index (χ4n) is 2.67. The average Bonchev–Trinajstić information content (AvgIpc) is 2.83. The van der Waals surface area contributed by atoms with E-state index in [1.807, 2.05) is 31.3 Å². The van der Waals surface area contributed by atoms with E-state index >= 15 is 0 Å². The standard InChI is InChI=1S/C16H17N3O/c1-3-13(18-10(2)20)16-15-12(8-9-17-16)11-6-4-5-7-14(11)19-15/h4-9,13,19H,3H2,1-2H3,(H,18,20)/t13-/m1/s1. The molecule has 102 valence electrons. The lowest BCUT2D eigenvalue weighted by molar-refractivity contribution is -0.119. The number of H-pyrrole nitrogens is 1. The van der Waals surface area contributed by atoms with Gasteiger partial charge in [0.25, 0.3) is 0 Å². The number of nitrogens with one attached hydrogen (secondary N) is 2. The van der Waals surface area contributed by atoms with Crippen molar-refractivity contribution in [3.8, 4) is 0 Å². The molecule has 3 rings (SSSR count). The van der Waals surface area contributed by atoms with Crippen molar-refractivity contribution in [2.24, 2.45) is 0 Å². The topological polar surface area (TPSA) is 57.8 Å². The molecule has 20 heavy (non-hydrogen) atoms. The summed E-state index contributed by atoms with van der Waals surface area (Å²) < 4.78 is 0. The lowest BCUT2D eigenvalue weighted by Crippen LogP contribution is -2.26. The number of benzene rings is 1. The lowest BCUT2D eigenvalue weighted by atomic mass is 10.1. The third-order valence-corrected chi connectivity index (χ3v) is 3.57. The molecule has 2 aromatic heterocycles. The Labute approximate surface area is 117 Å². The van der Waals surface area contributed by atoms with Gasteiger partial charge < -0.3 is 10.3 Å². The Morgan fingerprint density at radius 1 is 1.30 bits per heavy atom. The molecule has 0 saturated heterocycles. The smallest absolute Gasteiger partial charge is 0.217 e. The summed E-state index contributed by atoms with van der Waals surface area (Å²) in [4.78, 5) is 19.2. The Balaban J connectivity index is 2.22. The fourth-order valence-corrected chi connectivity index (χ4v) is 2.67. The van der Waals surface area contributed by atoms with E-state index in [9.17, 15) is 4.79 Å². The highest BCUT2D eigenvalue weighted by Crippen LogP contribution is 2.29. The van der Waals surface area contributed by atoms with Crippen LogP contribution in [0.2, 0.25) is 0 Å². The number of para-hydroxylation sites is 1. The zero-order chi connectivity index (χ0) is 14.1. The zero-order valence-corrected chi connectivity index (χ0v) is 11.6. The zero-order valence-electron chi connectivity index (χ0n) is 11.6. The number of hydrogen-bond acceptors (Lipinski definition) is 2. The summed E-state index contributed by atoms with van der Waals surface area (Å²) in [5.41, 5.74) is 3.00. The first-order valence-electron chi connectivity index (χ1n) is 6.83. The van der Waals surface area contributed by atoms with Crippen molar-refractivity contribution in [1.82, 2.24) is 15.3 Å². The number of aromatic nitrogens is 2. The van der Waals surface area contributed by atoms with Crippen molar-refractivity contribution in [2.45, 2.75) is 26.3 Å². The van der Waals surface area contributed by atoms with Crippen molar-refractivity contribution in [1.29, 1.82) is 0 Å². The van der Waals surface area contributed by atoms with E-state index in [0.29, 0.717) is 0 Å². The molecule has 2 N–H and O–H groups in total. The van der Waals surface area contributed by atoms with Gasteiger partial charge in [-0.05, 0) is 18.6 Å². The van der Waals surface area contributed by atoms with Gasteiger partial charge in [-0.1, -0.05) is 25.1 Å². The van der Waals surface area contributed by atoms with Gasteiger partial charge in [0.1, 0.15) is 0 Å². The summed E-state index contributed by atoms with van der Waals surface area (Å²) in [6, 6.07) is 10.1. The first kappa shape index (κ1) is 12.7. The second-order valence-corrected chi connectivity index (χ2v) is 4.95. The molecule has 0 aliphatic heterocycles. The van der Waals surface area contributed by atoms with Crippen LogP contribution in [0.1, 0.15) is 32.0 Å². The number of aromatic amines is 1. The quantitative estimate of drug-likeness (QED) is 0.765. The normalized spacial score (nSPS) is 12.7. The monoisotopic (exact) mass is 267 g/mol. The minimum atomic E-state index is -0.0655. The molecule has 0 aliphatic rings. The summed E-state index contributed by atoms with van der Waals surface area (Å²) in [6.07, 6.45) is 2.61. The van der Waals surface area contributed by atoms with E-state index in [1.165, 1.54) is 12.3 Å². The van der Waals surface area contributed by atoms with Gasteiger partial charge in [0.05, 0.1) is 17.3 Å². The minimum Gasteiger partial charge on any atom is -0.353 e. The van der Waals surface area contributed by atoms with E-state index in [4.69, 9.17) is 0 Å². The minimum absolute atomic E-state index is 0.0354. The van der Waals surface area contributed by atoms with Gasteiger partial charge in [-0.25, -0.2) is 0 Å². The maximum absolute atomic E-state index is 11.3. The molecule has 0 aliphatic carbocycles. The van der Waals surface area contributed by atoms with Gasteiger partial charge in [-0.2, -0.15) is 0 Å². The molecule has 4 heteroatoms. The predicted octanol–water partition coefficient (Wildman–Crippen LogP) is 3.30. The van der Waals surface area contributed by atoms with Gasteiger partial charge in [0.2, 0.25) is 5.91 Å². The molecule has 0 fully saturated rings. The number of pyridine rings is 1. The van der Waals surface area contributed by atoms with Gasteiger partial charge in [-0.3, -0.25) is 9.78 Å². The van der Waals surface area contributed by atoms with Crippen molar-refractivity contribution in [3.63, 3.8) is 0 Å². The van der Waals surface area contributed by atoms with Crippen LogP contribution in [0.25, 0.3) is 21.8 Å². The summed E-state index contributed by atoms with van der Waals surface area (Å²) >= 11 is 0. The number of hydrogen-bond donors (Lipinski definition) is 2. The van der Waals surface area contributed by atoms with Crippen molar-refractivity contribution in [2.75, 3.05) is 0 Å². The number of rotatable bonds is 3. The second kappa shape index (κ2) is 4.96. The SMILES string of the molecule is CC[C@@H](NC(C)=O)c1nccc2c1[nH]c1ccccc12. The molecule has 1 aromatic carbocycles. The maximum atomic E-state index is 11.3. The van der Waals surface area contributed by atoms with Gasteiger partial charge in [-0.15, -0.1) is 0 Å². The Bertz CT molecular complexity index is 776. The van der Waals surface area contributed by atoms with Gasteiger partial charge >= 0.3 is 0 Å². The molecule has 0 unspecified atom stereocenters. The van der Waals surface area contributed by atoms with Crippen molar-refractivity contribution < 1.29 is 4.79 Å².